The van der Waals surface area contributed by atoms with Gasteiger partial charge in [-0.15, -0.1) is 10.2 Å². The monoisotopic (exact) mass is 195 g/mol. The van der Waals surface area contributed by atoms with Crippen LogP contribution < -0.4 is 0 Å². The Balaban J connectivity index is 0.000000379. The van der Waals surface area contributed by atoms with E-state index in [0.717, 1.165) is 5.82 Å². The van der Waals surface area contributed by atoms with Gasteiger partial charge in [0.2, 0.25) is 0 Å². The third-order valence-corrected chi connectivity index (χ3v) is 1.30. The SMILES string of the molecule is CC.CC.Cc1ncnc2nncn12. The van der Waals surface area contributed by atoms with Gasteiger partial charge < -0.3 is 0 Å². The minimum atomic E-state index is 0.590. The number of aromatic nitrogens is 5. The molecule has 0 fully saturated rings. The molecule has 2 aromatic rings. The summed E-state index contributed by atoms with van der Waals surface area (Å²) in [4.78, 5) is 7.83. The van der Waals surface area contributed by atoms with Crippen LogP contribution in [0.3, 0.4) is 0 Å². The average molecular weight is 195 g/mol. The maximum atomic E-state index is 3.95. The Bertz CT molecular complexity index is 355. The van der Waals surface area contributed by atoms with E-state index in [9.17, 15) is 0 Å². The zero-order valence-corrected chi connectivity index (χ0v) is 9.39. The standard InChI is InChI=1S/C5H5N5.2C2H6/c1-4-6-2-7-5-9-8-3-10(4)5;2*1-2/h2-3H,1H3;2*1-2H3. The Hall–Kier alpha value is -1.52. The topological polar surface area (TPSA) is 56.0 Å². The van der Waals surface area contributed by atoms with Gasteiger partial charge in [0.25, 0.3) is 5.78 Å². The van der Waals surface area contributed by atoms with E-state index >= 15 is 0 Å². The summed E-state index contributed by atoms with van der Waals surface area (Å²) in [6.45, 7) is 9.87. The van der Waals surface area contributed by atoms with Gasteiger partial charge in [0.15, 0.2) is 0 Å². The van der Waals surface area contributed by atoms with Crippen molar-refractivity contribution in [1.82, 2.24) is 24.6 Å². The largest absolute Gasteiger partial charge is 0.257 e. The number of fused-ring (bicyclic) bond motifs is 1. The lowest BCUT2D eigenvalue weighted by atomic mass is 10.7. The summed E-state index contributed by atoms with van der Waals surface area (Å²) < 4.78 is 1.72. The molecule has 0 aliphatic carbocycles. The van der Waals surface area contributed by atoms with E-state index in [4.69, 9.17) is 0 Å². The molecule has 14 heavy (non-hydrogen) atoms. The molecule has 0 aliphatic rings. The van der Waals surface area contributed by atoms with Crippen molar-refractivity contribution >= 4 is 5.78 Å². The summed E-state index contributed by atoms with van der Waals surface area (Å²) in [5.41, 5.74) is 0. The molecule has 0 atom stereocenters. The zero-order chi connectivity index (χ0) is 11.0. The summed E-state index contributed by atoms with van der Waals surface area (Å²) in [6, 6.07) is 0. The van der Waals surface area contributed by atoms with Crippen molar-refractivity contribution in [3.63, 3.8) is 0 Å². The predicted octanol–water partition coefficient (Wildman–Crippen LogP) is 1.88. The molecule has 5 nitrogen and oxygen atoms in total. The molecule has 2 rings (SSSR count). The fourth-order valence-electron chi connectivity index (χ4n) is 0.771. The van der Waals surface area contributed by atoms with Crippen molar-refractivity contribution in [3.8, 4) is 0 Å². The highest BCUT2D eigenvalue weighted by Crippen LogP contribution is 1.93. The zero-order valence-electron chi connectivity index (χ0n) is 9.39. The lowest BCUT2D eigenvalue weighted by Gasteiger charge is -1.91. The van der Waals surface area contributed by atoms with Gasteiger partial charge in [-0.3, -0.25) is 4.40 Å². The van der Waals surface area contributed by atoms with Gasteiger partial charge in [-0.05, 0) is 6.92 Å². The number of hydrogen-bond acceptors (Lipinski definition) is 4. The highest BCUT2D eigenvalue weighted by atomic mass is 15.3. The van der Waals surface area contributed by atoms with E-state index in [1.54, 1.807) is 10.7 Å². The number of nitrogens with zero attached hydrogens (tertiary/aromatic N) is 5. The maximum absolute atomic E-state index is 3.95. The fraction of sp³-hybridized carbons (Fsp3) is 0.556. The average Bonchev–Trinajstić information content (AvgIpc) is 2.73. The molecule has 0 radical (unpaired) electrons. The van der Waals surface area contributed by atoms with E-state index in [2.05, 4.69) is 20.2 Å². The molecule has 0 saturated heterocycles. The minimum absolute atomic E-state index is 0.590. The van der Waals surface area contributed by atoms with Gasteiger partial charge in [-0.1, -0.05) is 27.7 Å². The predicted molar refractivity (Wildman–Crippen MR) is 56.0 cm³/mol. The first-order valence-corrected chi connectivity index (χ1v) is 4.85. The van der Waals surface area contributed by atoms with Gasteiger partial charge in [-0.2, -0.15) is 4.98 Å². The lowest BCUT2D eigenvalue weighted by molar-refractivity contribution is 0.935. The first-order valence-electron chi connectivity index (χ1n) is 4.85. The molecule has 0 saturated carbocycles. The van der Waals surface area contributed by atoms with Crippen LogP contribution >= 0.6 is 0 Å². The molecule has 0 bridgehead atoms. The molecule has 2 heterocycles. The Morgan fingerprint density at radius 2 is 1.71 bits per heavy atom. The van der Waals surface area contributed by atoms with Crippen LogP contribution in [0.25, 0.3) is 5.78 Å². The second kappa shape index (κ2) is 6.94. The van der Waals surface area contributed by atoms with Gasteiger partial charge in [-0.25, -0.2) is 4.98 Å². The summed E-state index contributed by atoms with van der Waals surface area (Å²) in [6.07, 6.45) is 3.06. The Kier molecular flexibility index (Phi) is 6.19. The highest BCUT2D eigenvalue weighted by molar-refractivity contribution is 5.23. The number of aryl methyl sites for hydroxylation is 1. The van der Waals surface area contributed by atoms with E-state index in [-0.39, 0.29) is 0 Å². The second-order valence-corrected chi connectivity index (χ2v) is 1.92. The first-order chi connectivity index (χ1) is 6.88. The molecular weight excluding hydrogens is 178 g/mol. The van der Waals surface area contributed by atoms with Crippen molar-refractivity contribution in [1.29, 1.82) is 0 Å². The van der Waals surface area contributed by atoms with E-state index < -0.39 is 0 Å². The molecule has 0 spiro atoms. The van der Waals surface area contributed by atoms with Crippen LogP contribution in [0.15, 0.2) is 12.7 Å². The quantitative estimate of drug-likeness (QED) is 0.644. The van der Waals surface area contributed by atoms with Crippen LogP contribution in [0, 0.1) is 6.92 Å². The Morgan fingerprint density at radius 1 is 1.07 bits per heavy atom. The number of hydrogen-bond donors (Lipinski definition) is 0. The van der Waals surface area contributed by atoms with Crippen LogP contribution in [0.5, 0.6) is 0 Å². The Labute approximate surface area is 84.2 Å². The minimum Gasteiger partial charge on any atom is -0.253 e. The molecule has 0 N–H and O–H groups in total. The normalized spacial score (nSPS) is 8.36. The van der Waals surface area contributed by atoms with Crippen molar-refractivity contribution in [2.45, 2.75) is 34.6 Å². The summed E-state index contributed by atoms with van der Waals surface area (Å²) in [5.74, 6) is 1.43. The number of rotatable bonds is 0. The lowest BCUT2D eigenvalue weighted by Crippen LogP contribution is -1.94. The summed E-state index contributed by atoms with van der Waals surface area (Å²) in [7, 11) is 0. The molecule has 2 aromatic heterocycles. The Morgan fingerprint density at radius 3 is 2.29 bits per heavy atom. The van der Waals surface area contributed by atoms with Crippen molar-refractivity contribution in [3.05, 3.63) is 18.5 Å². The molecule has 0 unspecified atom stereocenters. The fourth-order valence-corrected chi connectivity index (χ4v) is 0.771. The molecule has 5 heteroatoms. The van der Waals surface area contributed by atoms with Crippen molar-refractivity contribution in [2.75, 3.05) is 0 Å². The van der Waals surface area contributed by atoms with Gasteiger partial charge in [0.1, 0.15) is 18.5 Å². The molecule has 78 valence electrons. The summed E-state index contributed by atoms with van der Waals surface area (Å²) >= 11 is 0. The van der Waals surface area contributed by atoms with Crippen LogP contribution in [-0.2, 0) is 0 Å². The highest BCUT2D eigenvalue weighted by Gasteiger charge is 1.96. The van der Waals surface area contributed by atoms with Crippen LogP contribution in [0.4, 0.5) is 0 Å². The van der Waals surface area contributed by atoms with Gasteiger partial charge in [0.05, 0.1) is 0 Å². The van der Waals surface area contributed by atoms with Crippen molar-refractivity contribution < 1.29 is 0 Å². The van der Waals surface area contributed by atoms with E-state index in [0.29, 0.717) is 5.78 Å². The first kappa shape index (κ1) is 12.5. The third kappa shape index (κ3) is 2.76. The third-order valence-electron chi connectivity index (χ3n) is 1.30. The van der Waals surface area contributed by atoms with Crippen LogP contribution in [-0.4, -0.2) is 24.6 Å². The molecule has 0 amide bonds. The van der Waals surface area contributed by atoms with E-state index in [1.807, 2.05) is 34.6 Å². The van der Waals surface area contributed by atoms with E-state index in [1.165, 1.54) is 6.33 Å². The van der Waals surface area contributed by atoms with Gasteiger partial charge >= 0.3 is 0 Å². The van der Waals surface area contributed by atoms with Gasteiger partial charge in [0, 0.05) is 0 Å². The van der Waals surface area contributed by atoms with Crippen molar-refractivity contribution in [2.24, 2.45) is 0 Å². The second-order valence-electron chi connectivity index (χ2n) is 1.92. The summed E-state index contributed by atoms with van der Waals surface area (Å²) in [5, 5.41) is 7.41. The van der Waals surface area contributed by atoms with Crippen LogP contribution in [0.2, 0.25) is 0 Å². The smallest absolute Gasteiger partial charge is 0.253 e. The molecule has 0 aromatic carbocycles. The van der Waals surface area contributed by atoms with Crippen LogP contribution in [0.1, 0.15) is 33.5 Å². The maximum Gasteiger partial charge on any atom is 0.257 e. The molecular formula is C9H17N5. The molecule has 0 aliphatic heterocycles.